The Morgan fingerprint density at radius 2 is 0.852 bits per heavy atom. The highest BCUT2D eigenvalue weighted by Gasteiger charge is 1.91. The number of carbonyl (C=O) groups excluding carboxylic acids is 3. The van der Waals surface area contributed by atoms with Crippen LogP contribution in [-0.4, -0.2) is 51.1 Å². The van der Waals surface area contributed by atoms with Gasteiger partial charge in [0.15, 0.2) is 0 Å². The molecule has 0 aromatic carbocycles. The highest BCUT2D eigenvalue weighted by Crippen LogP contribution is 1.84. The maximum Gasteiger partial charge on any atom is 0.330 e. The molecule has 0 unspecified atom stereocenters. The molecule has 0 aliphatic carbocycles. The molecule has 0 saturated carbocycles. The van der Waals surface area contributed by atoms with Crippen molar-refractivity contribution in [1.82, 2.24) is 0 Å². The molecule has 0 fully saturated rings. The summed E-state index contributed by atoms with van der Waals surface area (Å²) >= 11 is 0. The summed E-state index contributed by atoms with van der Waals surface area (Å²) in [6, 6.07) is 0. The van der Waals surface area contributed by atoms with E-state index in [0.29, 0.717) is 0 Å². The molecular weight excluding hydrogens is 360 g/mol. The van der Waals surface area contributed by atoms with Crippen molar-refractivity contribution < 1.29 is 44.1 Å². The lowest BCUT2D eigenvalue weighted by Gasteiger charge is -1.79. The maximum atomic E-state index is 9.70. The van der Waals surface area contributed by atoms with Gasteiger partial charge in [-0.3, -0.25) is 0 Å². The smallest absolute Gasteiger partial charge is 0.330 e. The largest absolute Gasteiger partial charge is 0.478 e. The number of carboxylic acids is 3. The number of aliphatic carboxylic acids is 3. The van der Waals surface area contributed by atoms with Crippen LogP contribution in [0, 0.1) is 0 Å². The van der Waals surface area contributed by atoms with E-state index < -0.39 is 17.9 Å². The molecule has 0 saturated heterocycles. The van der Waals surface area contributed by atoms with Gasteiger partial charge < -0.3 is 15.3 Å². The zero-order valence-electron chi connectivity index (χ0n) is 15.1. The predicted octanol–water partition coefficient (Wildman–Crippen LogP) is 1.46. The molecule has 3 N–H and O–H groups in total. The summed E-state index contributed by atoms with van der Waals surface area (Å²) in [6.07, 6.45) is 1.61. The van der Waals surface area contributed by atoms with Crippen molar-refractivity contribution >= 4 is 35.7 Å². The van der Waals surface area contributed by atoms with Crippen molar-refractivity contribution in [3.63, 3.8) is 0 Å². The van der Waals surface area contributed by atoms with Gasteiger partial charge in [-0.25, -0.2) is 28.8 Å². The zero-order valence-corrected chi connectivity index (χ0v) is 15.1. The molecule has 146 valence electrons. The Morgan fingerprint density at radius 1 is 0.667 bits per heavy atom. The second-order valence-corrected chi connectivity index (χ2v) is 4.34. The Labute approximate surface area is 155 Å². The molecule has 0 amide bonds. The van der Waals surface area contributed by atoms with Crippen LogP contribution < -0.4 is 0 Å². The van der Waals surface area contributed by atoms with Crippen LogP contribution in [0.4, 0.5) is 0 Å². The topological polar surface area (TPSA) is 163 Å². The number of carbonyl (C=O) groups is 3. The van der Waals surface area contributed by atoms with Gasteiger partial charge in [0.05, 0.1) is 5.57 Å². The molecule has 0 aromatic heterocycles. The minimum atomic E-state index is -0.935. The van der Waals surface area contributed by atoms with Gasteiger partial charge in [0.25, 0.3) is 0 Å². The van der Waals surface area contributed by atoms with Crippen molar-refractivity contribution in [2.75, 3.05) is 0 Å². The lowest BCUT2D eigenvalue weighted by atomic mass is 10.3. The van der Waals surface area contributed by atoms with Crippen LogP contribution in [0.5, 0.6) is 0 Å². The van der Waals surface area contributed by atoms with E-state index in [1.807, 2.05) is 0 Å². The van der Waals surface area contributed by atoms with Crippen molar-refractivity contribution in [1.29, 1.82) is 0 Å². The summed E-state index contributed by atoms with van der Waals surface area (Å²) in [7, 11) is 0. The molecule has 0 radical (unpaired) electrons. The summed E-state index contributed by atoms with van der Waals surface area (Å²) in [5, 5.41) is 23.7. The van der Waals surface area contributed by atoms with E-state index in [2.05, 4.69) is 19.7 Å². The quantitative estimate of drug-likeness (QED) is 0.364. The van der Waals surface area contributed by atoms with Gasteiger partial charge in [0.2, 0.25) is 0 Å². The second kappa shape index (κ2) is 20.0. The van der Waals surface area contributed by atoms with Crippen LogP contribution in [0.25, 0.3) is 0 Å². The SMILES string of the molecule is C=C(C)C(=O)O.C=C(C)C(=O)O.C=C(C)C(=O)O.O=C=CC(=C=O)C=C=O. The Kier molecular flexibility index (Phi) is 22.9. The van der Waals surface area contributed by atoms with E-state index in [1.54, 1.807) is 0 Å². The Morgan fingerprint density at radius 3 is 0.926 bits per heavy atom. The van der Waals surface area contributed by atoms with Crippen LogP contribution in [0.3, 0.4) is 0 Å². The zero-order chi connectivity index (χ0) is 22.6. The lowest BCUT2D eigenvalue weighted by Crippen LogP contribution is -1.92. The van der Waals surface area contributed by atoms with Crippen molar-refractivity contribution in [3.8, 4) is 0 Å². The molecule has 27 heavy (non-hydrogen) atoms. The molecule has 0 aliphatic rings. The van der Waals surface area contributed by atoms with E-state index >= 15 is 0 Å². The fraction of sp³-hybridized carbons (Fsp3) is 0.167. The standard InChI is InChI=1S/C6H2O3.3C4H6O2/c7-3-1-6(5-9)2-4-8;3*1-3(2)4(5)6/h1-2H;3*1H2,2H3,(H,5,6). The predicted molar refractivity (Wildman–Crippen MR) is 97.1 cm³/mol. The van der Waals surface area contributed by atoms with Crippen LogP contribution in [0.15, 0.2) is 54.2 Å². The highest BCUT2D eigenvalue weighted by atomic mass is 16.4. The number of hydrogen-bond acceptors (Lipinski definition) is 6. The first-order chi connectivity index (χ1) is 12.3. The van der Waals surface area contributed by atoms with Gasteiger partial charge in [-0.05, 0) is 20.8 Å². The first-order valence-electron chi connectivity index (χ1n) is 6.61. The van der Waals surface area contributed by atoms with Crippen molar-refractivity contribution in [3.05, 3.63) is 54.2 Å². The summed E-state index contributed by atoms with van der Waals surface area (Å²) in [6.45, 7) is 13.8. The van der Waals surface area contributed by atoms with Gasteiger partial charge in [-0.2, -0.15) is 0 Å². The molecule has 0 aliphatic heterocycles. The summed E-state index contributed by atoms with van der Waals surface area (Å²) in [5.74, 6) is 1.17. The van der Waals surface area contributed by atoms with E-state index in [0.717, 1.165) is 12.2 Å². The number of carboxylic acid groups (broad SMARTS) is 3. The lowest BCUT2D eigenvalue weighted by molar-refractivity contribution is -0.133. The average molecular weight is 380 g/mol. The molecule has 9 heteroatoms. The van der Waals surface area contributed by atoms with Crippen molar-refractivity contribution in [2.45, 2.75) is 20.8 Å². The highest BCUT2D eigenvalue weighted by molar-refractivity contribution is 5.85. The van der Waals surface area contributed by atoms with E-state index in [4.69, 9.17) is 15.3 Å². The number of hydrogen-bond donors (Lipinski definition) is 3. The molecule has 0 heterocycles. The summed E-state index contributed by atoms with van der Waals surface area (Å²) in [5.41, 5.74) is 0.375. The molecule has 0 atom stereocenters. The Hall–Kier alpha value is -4.02. The maximum absolute atomic E-state index is 9.70. The average Bonchev–Trinajstić information content (AvgIpc) is 2.56. The first kappa shape index (κ1) is 30.8. The van der Waals surface area contributed by atoms with Gasteiger partial charge in [-0.1, -0.05) is 19.7 Å². The van der Waals surface area contributed by atoms with Crippen LogP contribution in [0.2, 0.25) is 0 Å². The minimum absolute atomic E-state index is 0.153. The monoisotopic (exact) mass is 380 g/mol. The van der Waals surface area contributed by atoms with E-state index in [9.17, 15) is 28.8 Å². The summed E-state index contributed by atoms with van der Waals surface area (Å²) in [4.78, 5) is 57.5. The third-order valence-corrected chi connectivity index (χ3v) is 1.64. The van der Waals surface area contributed by atoms with Crippen molar-refractivity contribution in [2.24, 2.45) is 0 Å². The molecule has 0 aromatic rings. The molecular formula is C18H20O9. The molecule has 9 nitrogen and oxygen atoms in total. The molecule has 0 rings (SSSR count). The minimum Gasteiger partial charge on any atom is -0.478 e. The Balaban J connectivity index is -0.000000133. The molecule has 0 bridgehead atoms. The van der Waals surface area contributed by atoms with Crippen LogP contribution in [0.1, 0.15) is 20.8 Å². The van der Waals surface area contributed by atoms with E-state index in [-0.39, 0.29) is 22.3 Å². The molecule has 0 spiro atoms. The number of rotatable bonds is 5. The fourth-order valence-electron chi connectivity index (χ4n) is 0.228. The van der Waals surface area contributed by atoms with Gasteiger partial charge in [0, 0.05) is 28.9 Å². The van der Waals surface area contributed by atoms with Crippen LogP contribution in [-0.2, 0) is 28.8 Å². The van der Waals surface area contributed by atoms with Gasteiger partial charge >= 0.3 is 17.9 Å². The van der Waals surface area contributed by atoms with Gasteiger partial charge in [-0.15, -0.1) is 0 Å². The number of allylic oxidation sites excluding steroid dienone is 3. The van der Waals surface area contributed by atoms with E-state index in [1.165, 1.54) is 38.6 Å². The second-order valence-electron chi connectivity index (χ2n) is 4.34. The third-order valence-electron chi connectivity index (χ3n) is 1.64. The normalized spacial score (nSPS) is 6.93. The van der Waals surface area contributed by atoms with Crippen LogP contribution >= 0.6 is 0 Å². The van der Waals surface area contributed by atoms with Gasteiger partial charge in [0.1, 0.15) is 17.8 Å². The third kappa shape index (κ3) is 34.4. The fourth-order valence-corrected chi connectivity index (χ4v) is 0.228. The summed E-state index contributed by atoms with van der Waals surface area (Å²) < 4.78 is 0. The Bertz CT molecular complexity index is 609. The first-order valence-corrected chi connectivity index (χ1v) is 6.61.